The fraction of sp³-hybridized carbons (Fsp3) is 0.154. The van der Waals surface area contributed by atoms with Gasteiger partial charge in [0.05, 0.1) is 11.2 Å². The van der Waals surface area contributed by atoms with Crippen LogP contribution in [0.25, 0.3) is 10.9 Å². The number of ether oxygens (including phenoxy) is 1. The number of carbonyl (C=O) groups excluding carboxylic acids is 2. The number of para-hydroxylation sites is 2. The van der Waals surface area contributed by atoms with Crippen LogP contribution in [0.1, 0.15) is 50.8 Å². The van der Waals surface area contributed by atoms with Gasteiger partial charge >= 0.3 is 5.97 Å². The fourth-order valence-electron chi connectivity index (χ4n) is 3.98. The predicted molar refractivity (Wildman–Crippen MR) is 124 cm³/mol. The second kappa shape index (κ2) is 8.70. The van der Waals surface area contributed by atoms with E-state index < -0.39 is 11.9 Å². The van der Waals surface area contributed by atoms with Gasteiger partial charge in [-0.05, 0) is 44.0 Å². The molecular weight excluding hydrogens is 418 g/mol. The minimum atomic E-state index is -0.558. The second-order valence-corrected chi connectivity index (χ2v) is 7.80. The highest BCUT2D eigenvalue weighted by molar-refractivity contribution is 6.06. The minimum Gasteiger partial charge on any atom is -0.453 e. The van der Waals surface area contributed by atoms with Gasteiger partial charge in [0.2, 0.25) is 5.76 Å². The molecule has 4 aromatic rings. The number of aromatic nitrogens is 1. The van der Waals surface area contributed by atoms with Crippen molar-refractivity contribution in [2.45, 2.75) is 26.2 Å². The van der Waals surface area contributed by atoms with Gasteiger partial charge in [-0.1, -0.05) is 42.5 Å². The second-order valence-electron chi connectivity index (χ2n) is 7.80. The molecule has 0 spiro atoms. The van der Waals surface area contributed by atoms with Crippen LogP contribution in [0.2, 0.25) is 0 Å². The number of fused-ring (bicyclic) bond motifs is 2. The Labute approximate surface area is 190 Å². The molecule has 7 heteroatoms. The Bertz CT molecular complexity index is 1390. The lowest BCUT2D eigenvalue weighted by Crippen LogP contribution is -2.23. The van der Waals surface area contributed by atoms with Crippen molar-refractivity contribution >= 4 is 28.5 Å². The Kier molecular flexibility index (Phi) is 5.44. The predicted octanol–water partition coefficient (Wildman–Crippen LogP) is 4.83. The van der Waals surface area contributed by atoms with E-state index in [0.29, 0.717) is 35.6 Å². The van der Waals surface area contributed by atoms with Crippen LogP contribution < -0.4 is 10.2 Å². The molecule has 164 valence electrons. The van der Waals surface area contributed by atoms with Gasteiger partial charge in [-0.15, -0.1) is 0 Å². The van der Waals surface area contributed by atoms with E-state index in [2.05, 4.69) is 15.5 Å². The summed E-state index contributed by atoms with van der Waals surface area (Å²) in [5, 5.41) is 5.32. The molecule has 0 bridgehead atoms. The highest BCUT2D eigenvalue weighted by Crippen LogP contribution is 2.30. The summed E-state index contributed by atoms with van der Waals surface area (Å²) < 4.78 is 11.3. The number of carbonyl (C=O) groups is 2. The van der Waals surface area contributed by atoms with E-state index in [4.69, 9.17) is 9.15 Å². The highest BCUT2D eigenvalue weighted by Gasteiger charge is 2.29. The summed E-state index contributed by atoms with van der Waals surface area (Å²) >= 11 is 0. The van der Waals surface area contributed by atoms with Gasteiger partial charge < -0.3 is 9.15 Å². The van der Waals surface area contributed by atoms with Crippen molar-refractivity contribution < 1.29 is 18.7 Å². The summed E-state index contributed by atoms with van der Waals surface area (Å²) in [6.45, 7) is 1.80. The van der Waals surface area contributed by atoms with Crippen LogP contribution in [0.3, 0.4) is 0 Å². The van der Waals surface area contributed by atoms with Crippen molar-refractivity contribution in [3.63, 3.8) is 0 Å². The highest BCUT2D eigenvalue weighted by atomic mass is 16.5. The van der Waals surface area contributed by atoms with Crippen molar-refractivity contribution in [2.24, 2.45) is 5.10 Å². The monoisotopic (exact) mass is 439 g/mol. The van der Waals surface area contributed by atoms with E-state index in [1.165, 1.54) is 0 Å². The maximum Gasteiger partial charge on any atom is 0.379 e. The molecule has 1 N–H and O–H groups in total. The fourth-order valence-corrected chi connectivity index (χ4v) is 3.98. The van der Waals surface area contributed by atoms with Gasteiger partial charge in [0.15, 0.2) is 0 Å². The Morgan fingerprint density at radius 1 is 1.00 bits per heavy atom. The first-order chi connectivity index (χ1) is 16.1. The molecule has 2 heterocycles. The molecule has 1 amide bonds. The van der Waals surface area contributed by atoms with Gasteiger partial charge in [-0.2, -0.15) is 5.10 Å². The number of pyridine rings is 1. The van der Waals surface area contributed by atoms with E-state index in [1.807, 2.05) is 36.4 Å². The third-order valence-corrected chi connectivity index (χ3v) is 5.59. The molecule has 0 aliphatic heterocycles. The lowest BCUT2D eigenvalue weighted by molar-refractivity contribution is 0.0698. The van der Waals surface area contributed by atoms with Crippen molar-refractivity contribution in [3.05, 3.63) is 95.1 Å². The van der Waals surface area contributed by atoms with Crippen LogP contribution in [0.5, 0.6) is 5.75 Å². The standard InChI is InChI=1S/C26H21N3O4/c1-16-23-20(28-29-25(30)21-15-14-17-8-5-6-11-19(17)27-21)12-7-13-22(23)33-24(16)26(31)32-18-9-3-2-4-10-18/h2-6,8-11,14-15H,7,12-13H2,1H3,(H,29,30)/b28-20+. The van der Waals surface area contributed by atoms with Crippen molar-refractivity contribution in [3.8, 4) is 5.75 Å². The number of esters is 1. The molecule has 2 aromatic carbocycles. The SMILES string of the molecule is Cc1c(C(=O)Oc2ccccc2)oc2c1/C(=N/NC(=O)c1ccc3ccccc3n1)CCC2. The molecule has 1 aliphatic rings. The first kappa shape index (κ1) is 20.6. The van der Waals surface area contributed by atoms with Crippen molar-refractivity contribution in [2.75, 3.05) is 0 Å². The zero-order valence-electron chi connectivity index (χ0n) is 18.0. The molecule has 33 heavy (non-hydrogen) atoms. The smallest absolute Gasteiger partial charge is 0.379 e. The molecule has 0 radical (unpaired) electrons. The number of nitrogens with one attached hydrogen (secondary N) is 1. The van der Waals surface area contributed by atoms with Crippen LogP contribution in [0.15, 0.2) is 76.2 Å². The molecule has 0 fully saturated rings. The number of rotatable bonds is 4. The van der Waals surface area contributed by atoms with Crippen LogP contribution in [-0.4, -0.2) is 22.6 Å². The molecule has 0 atom stereocenters. The molecule has 2 aromatic heterocycles. The number of nitrogens with zero attached hydrogens (tertiary/aromatic N) is 2. The average Bonchev–Trinajstić information content (AvgIpc) is 3.20. The number of furan rings is 1. The summed E-state index contributed by atoms with van der Waals surface area (Å²) in [7, 11) is 0. The molecule has 0 saturated heterocycles. The molecule has 0 saturated carbocycles. The van der Waals surface area contributed by atoms with Gasteiger partial charge in [-0.3, -0.25) is 4.79 Å². The topological polar surface area (TPSA) is 93.8 Å². The summed E-state index contributed by atoms with van der Waals surface area (Å²) in [5.41, 5.74) is 5.72. The van der Waals surface area contributed by atoms with E-state index in [-0.39, 0.29) is 11.5 Å². The maximum absolute atomic E-state index is 12.7. The molecule has 0 unspecified atom stereocenters. The Morgan fingerprint density at radius 3 is 2.64 bits per heavy atom. The number of hydrogen-bond donors (Lipinski definition) is 1. The zero-order chi connectivity index (χ0) is 22.8. The lowest BCUT2D eigenvalue weighted by atomic mass is 9.93. The Morgan fingerprint density at radius 2 is 1.79 bits per heavy atom. The van der Waals surface area contributed by atoms with Crippen LogP contribution >= 0.6 is 0 Å². The normalized spacial score (nSPS) is 14.2. The summed E-state index contributed by atoms with van der Waals surface area (Å²) in [6.07, 6.45) is 2.15. The zero-order valence-corrected chi connectivity index (χ0v) is 18.0. The minimum absolute atomic E-state index is 0.154. The summed E-state index contributed by atoms with van der Waals surface area (Å²) in [6, 6.07) is 20.0. The van der Waals surface area contributed by atoms with Crippen LogP contribution in [0.4, 0.5) is 0 Å². The number of aryl methyl sites for hydroxylation is 1. The van der Waals surface area contributed by atoms with Gasteiger partial charge in [0, 0.05) is 22.9 Å². The van der Waals surface area contributed by atoms with Gasteiger partial charge in [0.25, 0.3) is 5.91 Å². The molecule has 1 aliphatic carbocycles. The lowest BCUT2D eigenvalue weighted by Gasteiger charge is -2.13. The van der Waals surface area contributed by atoms with Crippen molar-refractivity contribution in [1.29, 1.82) is 0 Å². The Hall–Kier alpha value is -4.26. The number of amides is 1. The first-order valence-electron chi connectivity index (χ1n) is 10.7. The third-order valence-electron chi connectivity index (χ3n) is 5.59. The van der Waals surface area contributed by atoms with Crippen LogP contribution in [0, 0.1) is 6.92 Å². The summed E-state index contributed by atoms with van der Waals surface area (Å²) in [4.78, 5) is 29.8. The Balaban J connectivity index is 1.38. The van der Waals surface area contributed by atoms with Crippen LogP contribution in [-0.2, 0) is 6.42 Å². The van der Waals surface area contributed by atoms with Gasteiger partial charge in [-0.25, -0.2) is 15.2 Å². The number of hydrazone groups is 1. The molecular formula is C26H21N3O4. The average molecular weight is 439 g/mol. The molecule has 7 nitrogen and oxygen atoms in total. The number of hydrogen-bond acceptors (Lipinski definition) is 6. The maximum atomic E-state index is 12.7. The van der Waals surface area contributed by atoms with Crippen molar-refractivity contribution in [1.82, 2.24) is 10.4 Å². The van der Waals surface area contributed by atoms with E-state index in [9.17, 15) is 9.59 Å². The van der Waals surface area contributed by atoms with E-state index in [1.54, 1.807) is 37.3 Å². The first-order valence-corrected chi connectivity index (χ1v) is 10.7. The van der Waals surface area contributed by atoms with Gasteiger partial charge in [0.1, 0.15) is 17.2 Å². The largest absolute Gasteiger partial charge is 0.453 e. The van der Waals surface area contributed by atoms with E-state index in [0.717, 1.165) is 22.9 Å². The number of benzene rings is 2. The molecule has 5 rings (SSSR count). The quantitative estimate of drug-likeness (QED) is 0.279. The van der Waals surface area contributed by atoms with E-state index >= 15 is 0 Å². The third kappa shape index (κ3) is 4.13. The summed E-state index contributed by atoms with van der Waals surface area (Å²) in [5.74, 6) is 0.318.